The van der Waals surface area contributed by atoms with Gasteiger partial charge in [-0.15, -0.1) is 0 Å². The Morgan fingerprint density at radius 3 is 2.55 bits per heavy atom. The zero-order valence-electron chi connectivity index (χ0n) is 12.7. The quantitative estimate of drug-likeness (QED) is 0.857. The SMILES string of the molecule is Cc1cccc(=O)n1CCCC(=O)Nc1ccc(CN)cc1. The molecule has 3 N–H and O–H groups in total. The third-order valence-corrected chi connectivity index (χ3v) is 3.53. The van der Waals surface area contributed by atoms with Crippen LogP contribution in [0.2, 0.25) is 0 Å². The molecule has 22 heavy (non-hydrogen) atoms. The first-order valence-corrected chi connectivity index (χ1v) is 7.35. The molecule has 0 aliphatic rings. The lowest BCUT2D eigenvalue weighted by molar-refractivity contribution is -0.116. The van der Waals surface area contributed by atoms with Gasteiger partial charge in [0.1, 0.15) is 0 Å². The Hall–Kier alpha value is -2.40. The summed E-state index contributed by atoms with van der Waals surface area (Å²) in [4.78, 5) is 23.6. The lowest BCUT2D eigenvalue weighted by atomic mass is 10.2. The monoisotopic (exact) mass is 299 g/mol. The van der Waals surface area contributed by atoms with Crippen LogP contribution in [0.4, 0.5) is 5.69 Å². The van der Waals surface area contributed by atoms with Crippen molar-refractivity contribution in [1.82, 2.24) is 4.57 Å². The van der Waals surface area contributed by atoms with E-state index in [1.54, 1.807) is 10.6 Å². The Labute approximate surface area is 129 Å². The van der Waals surface area contributed by atoms with E-state index in [9.17, 15) is 9.59 Å². The molecular formula is C17H21N3O2. The number of amides is 1. The first-order valence-electron chi connectivity index (χ1n) is 7.35. The molecular weight excluding hydrogens is 278 g/mol. The Morgan fingerprint density at radius 2 is 1.91 bits per heavy atom. The summed E-state index contributed by atoms with van der Waals surface area (Å²) in [6.45, 7) is 2.92. The van der Waals surface area contributed by atoms with Gasteiger partial charge in [-0.05, 0) is 37.1 Å². The van der Waals surface area contributed by atoms with Crippen LogP contribution in [0.5, 0.6) is 0 Å². The van der Waals surface area contributed by atoms with Gasteiger partial charge in [0.05, 0.1) is 0 Å². The zero-order valence-corrected chi connectivity index (χ0v) is 12.7. The van der Waals surface area contributed by atoms with E-state index < -0.39 is 0 Å². The lowest BCUT2D eigenvalue weighted by Crippen LogP contribution is -2.22. The standard InChI is InChI=1S/C17H21N3O2/c1-13-4-2-6-17(22)20(13)11-3-5-16(21)19-15-9-7-14(12-18)8-10-15/h2,4,6-10H,3,5,11-12,18H2,1H3,(H,19,21). The highest BCUT2D eigenvalue weighted by Gasteiger charge is 2.04. The van der Waals surface area contributed by atoms with E-state index in [1.807, 2.05) is 37.3 Å². The van der Waals surface area contributed by atoms with Gasteiger partial charge in [-0.1, -0.05) is 18.2 Å². The Kier molecular flexibility index (Phi) is 5.49. The maximum atomic E-state index is 11.9. The second-order valence-corrected chi connectivity index (χ2v) is 5.21. The van der Waals surface area contributed by atoms with Crippen LogP contribution in [-0.4, -0.2) is 10.5 Å². The molecule has 2 aromatic rings. The molecule has 0 radical (unpaired) electrons. The molecule has 116 valence electrons. The Morgan fingerprint density at radius 1 is 1.18 bits per heavy atom. The number of benzene rings is 1. The van der Waals surface area contributed by atoms with Crippen LogP contribution < -0.4 is 16.6 Å². The molecule has 1 aromatic heterocycles. The molecule has 0 spiro atoms. The number of hydrogen-bond donors (Lipinski definition) is 2. The van der Waals surface area contributed by atoms with Crippen LogP contribution >= 0.6 is 0 Å². The maximum Gasteiger partial charge on any atom is 0.250 e. The van der Waals surface area contributed by atoms with Gasteiger partial charge in [-0.3, -0.25) is 9.59 Å². The fourth-order valence-electron chi connectivity index (χ4n) is 2.26. The zero-order chi connectivity index (χ0) is 15.9. The van der Waals surface area contributed by atoms with Gasteiger partial charge in [0, 0.05) is 37.0 Å². The fourth-order valence-corrected chi connectivity index (χ4v) is 2.26. The van der Waals surface area contributed by atoms with E-state index in [1.165, 1.54) is 6.07 Å². The van der Waals surface area contributed by atoms with Crippen LogP contribution in [0.15, 0.2) is 47.3 Å². The summed E-state index contributed by atoms with van der Waals surface area (Å²) in [5, 5.41) is 2.84. The summed E-state index contributed by atoms with van der Waals surface area (Å²) in [7, 11) is 0. The van der Waals surface area contributed by atoms with Gasteiger partial charge in [0.2, 0.25) is 5.91 Å². The average Bonchev–Trinajstić information content (AvgIpc) is 2.51. The van der Waals surface area contributed by atoms with Gasteiger partial charge in [0.15, 0.2) is 0 Å². The molecule has 0 atom stereocenters. The smallest absolute Gasteiger partial charge is 0.250 e. The second-order valence-electron chi connectivity index (χ2n) is 5.21. The molecule has 1 amide bonds. The van der Waals surface area contributed by atoms with Gasteiger partial charge >= 0.3 is 0 Å². The Balaban J connectivity index is 1.84. The third kappa shape index (κ3) is 4.30. The number of nitrogens with one attached hydrogen (secondary N) is 1. The predicted octanol–water partition coefficient (Wildman–Crippen LogP) is 2.03. The summed E-state index contributed by atoms with van der Waals surface area (Å²) in [6, 6.07) is 12.6. The van der Waals surface area contributed by atoms with Crippen LogP contribution in [0.3, 0.4) is 0 Å². The molecule has 0 fully saturated rings. The molecule has 5 heteroatoms. The highest BCUT2D eigenvalue weighted by atomic mass is 16.1. The molecule has 0 aliphatic carbocycles. The van der Waals surface area contributed by atoms with Crippen molar-refractivity contribution in [2.45, 2.75) is 32.9 Å². The number of anilines is 1. The first-order chi connectivity index (χ1) is 10.6. The molecule has 5 nitrogen and oxygen atoms in total. The third-order valence-electron chi connectivity index (χ3n) is 3.53. The minimum absolute atomic E-state index is 0.0298. The number of pyridine rings is 1. The second kappa shape index (κ2) is 7.56. The van der Waals surface area contributed by atoms with Crippen molar-refractivity contribution >= 4 is 11.6 Å². The van der Waals surface area contributed by atoms with E-state index >= 15 is 0 Å². The van der Waals surface area contributed by atoms with Crippen molar-refractivity contribution in [3.8, 4) is 0 Å². The lowest BCUT2D eigenvalue weighted by Gasteiger charge is -2.09. The van der Waals surface area contributed by atoms with Gasteiger partial charge in [-0.2, -0.15) is 0 Å². The highest BCUT2D eigenvalue weighted by Crippen LogP contribution is 2.10. The number of hydrogen-bond acceptors (Lipinski definition) is 3. The molecule has 0 saturated heterocycles. The highest BCUT2D eigenvalue weighted by molar-refractivity contribution is 5.90. The Bertz CT molecular complexity index is 690. The predicted molar refractivity (Wildman–Crippen MR) is 87.6 cm³/mol. The number of rotatable bonds is 6. The summed E-state index contributed by atoms with van der Waals surface area (Å²) >= 11 is 0. The molecule has 0 unspecified atom stereocenters. The van der Waals surface area contributed by atoms with Crippen molar-refractivity contribution in [3.05, 3.63) is 64.1 Å². The van der Waals surface area contributed by atoms with E-state index in [4.69, 9.17) is 5.73 Å². The average molecular weight is 299 g/mol. The van der Waals surface area contributed by atoms with Crippen LogP contribution in [0.25, 0.3) is 0 Å². The van der Waals surface area contributed by atoms with E-state index in [0.29, 0.717) is 25.9 Å². The number of nitrogens with two attached hydrogens (primary N) is 1. The van der Waals surface area contributed by atoms with Crippen molar-refractivity contribution in [1.29, 1.82) is 0 Å². The number of carbonyl (C=O) groups is 1. The van der Waals surface area contributed by atoms with Crippen molar-refractivity contribution in [3.63, 3.8) is 0 Å². The van der Waals surface area contributed by atoms with E-state index in [0.717, 1.165) is 16.9 Å². The molecule has 1 heterocycles. The minimum Gasteiger partial charge on any atom is -0.326 e. The summed E-state index contributed by atoms with van der Waals surface area (Å²) in [5.74, 6) is -0.0536. The molecule has 0 bridgehead atoms. The van der Waals surface area contributed by atoms with E-state index in [-0.39, 0.29) is 11.5 Å². The maximum absolute atomic E-state index is 11.9. The molecule has 0 saturated carbocycles. The largest absolute Gasteiger partial charge is 0.326 e. The minimum atomic E-state index is -0.0536. The topological polar surface area (TPSA) is 77.1 Å². The summed E-state index contributed by atoms with van der Waals surface area (Å²) < 4.78 is 1.68. The first kappa shape index (κ1) is 16.0. The number of aryl methyl sites for hydroxylation is 1. The van der Waals surface area contributed by atoms with Crippen LogP contribution in [-0.2, 0) is 17.9 Å². The van der Waals surface area contributed by atoms with Gasteiger partial charge < -0.3 is 15.6 Å². The van der Waals surface area contributed by atoms with Crippen molar-refractivity contribution < 1.29 is 4.79 Å². The van der Waals surface area contributed by atoms with E-state index in [2.05, 4.69) is 5.32 Å². The number of nitrogens with zero attached hydrogens (tertiary/aromatic N) is 1. The number of carbonyl (C=O) groups excluding carboxylic acids is 1. The van der Waals surface area contributed by atoms with Crippen molar-refractivity contribution in [2.75, 3.05) is 5.32 Å². The van der Waals surface area contributed by atoms with Gasteiger partial charge in [0.25, 0.3) is 5.56 Å². The molecule has 0 aliphatic heterocycles. The van der Waals surface area contributed by atoms with Crippen LogP contribution in [0, 0.1) is 6.92 Å². The summed E-state index contributed by atoms with van der Waals surface area (Å²) in [6.07, 6.45) is 0.997. The molecule has 2 rings (SSSR count). The van der Waals surface area contributed by atoms with Crippen molar-refractivity contribution in [2.24, 2.45) is 5.73 Å². The fraction of sp³-hybridized carbons (Fsp3) is 0.294. The van der Waals surface area contributed by atoms with Gasteiger partial charge in [-0.25, -0.2) is 0 Å². The summed E-state index contributed by atoms with van der Waals surface area (Å²) in [5.41, 5.74) is 8.19. The number of aromatic nitrogens is 1. The molecule has 1 aromatic carbocycles. The normalized spacial score (nSPS) is 10.5. The van der Waals surface area contributed by atoms with Crippen LogP contribution in [0.1, 0.15) is 24.1 Å².